The second-order valence-corrected chi connectivity index (χ2v) is 8.98. The Hall–Kier alpha value is -1.40. The second-order valence-electron chi connectivity index (χ2n) is 6.52. The molecule has 0 spiro atoms. The maximum atomic E-state index is 3.39. The van der Waals surface area contributed by atoms with Gasteiger partial charge in [0.15, 0.2) is 0 Å². The number of rotatable bonds is 0. The van der Waals surface area contributed by atoms with E-state index in [9.17, 15) is 0 Å². The smallest absolute Gasteiger partial charge is 0.0246 e. The van der Waals surface area contributed by atoms with Crippen molar-refractivity contribution in [2.45, 2.75) is 20.3 Å². The number of hydrogen-bond donors (Lipinski definition) is 0. The van der Waals surface area contributed by atoms with Crippen molar-refractivity contribution in [2.24, 2.45) is 0 Å². The van der Waals surface area contributed by atoms with E-state index < -0.39 is 0 Å². The van der Waals surface area contributed by atoms with Crippen LogP contribution in [0.1, 0.15) is 25.0 Å². The quantitative estimate of drug-likeness (QED) is 0.279. The Morgan fingerprint density at radius 2 is 1.54 bits per heavy atom. The average Bonchev–Trinajstić information content (AvgIpc) is 3.32. The summed E-state index contributed by atoms with van der Waals surface area (Å²) in [5, 5.41) is 2.57. The molecular weight excluding hydrogens is 462 g/mol. The fourth-order valence-electron chi connectivity index (χ4n) is 3.14. The number of fused-ring (bicyclic) bond motifs is 5. The minimum atomic E-state index is 0. The van der Waals surface area contributed by atoms with Crippen LogP contribution in [0.5, 0.6) is 0 Å². The Morgan fingerprint density at radius 3 is 2.18 bits per heavy atom. The molecule has 1 aliphatic carbocycles. The molecule has 5 rings (SSSR count). The van der Waals surface area contributed by atoms with Crippen molar-refractivity contribution in [3.05, 3.63) is 102 Å². The molecule has 0 nitrogen and oxygen atoms in total. The third-order valence-electron chi connectivity index (χ3n) is 4.18. The first-order chi connectivity index (χ1) is 12.7. The Kier molecular flexibility index (Phi) is 10.8. The van der Waals surface area contributed by atoms with Gasteiger partial charge >= 0.3 is 41.3 Å². The van der Waals surface area contributed by atoms with Crippen molar-refractivity contribution in [1.29, 1.82) is 0 Å². The van der Waals surface area contributed by atoms with Gasteiger partial charge in [0.2, 0.25) is 0 Å². The number of halogens is 2. The fourth-order valence-corrected chi connectivity index (χ4v) is 3.14. The van der Waals surface area contributed by atoms with Crippen LogP contribution in [-0.4, -0.2) is 3.21 Å². The molecule has 0 N–H and O–H groups in total. The third-order valence-corrected chi connectivity index (χ3v) is 4.18. The summed E-state index contributed by atoms with van der Waals surface area (Å²) in [5.41, 5.74) is 5.65. The summed E-state index contributed by atoms with van der Waals surface area (Å²) in [6.07, 6.45) is 1.04. The molecule has 0 heterocycles. The van der Waals surface area contributed by atoms with Gasteiger partial charge in [-0.25, -0.2) is 12.1 Å². The van der Waals surface area contributed by atoms with Gasteiger partial charge in [0, 0.05) is 0 Å². The summed E-state index contributed by atoms with van der Waals surface area (Å²) in [4.78, 5) is 0. The summed E-state index contributed by atoms with van der Waals surface area (Å²) >= 11 is 1.55. The predicted octanol–water partition coefficient (Wildman–Crippen LogP) is 0.370. The van der Waals surface area contributed by atoms with Crippen LogP contribution in [0.25, 0.3) is 21.9 Å². The fraction of sp³-hybridized carbons (Fsp3) is 0.120. The van der Waals surface area contributed by atoms with Crippen LogP contribution in [-0.2, 0) is 30.7 Å². The van der Waals surface area contributed by atoms with Crippen molar-refractivity contribution in [3.63, 3.8) is 0 Å². The van der Waals surface area contributed by atoms with E-state index >= 15 is 0 Å². The Labute approximate surface area is 195 Å². The van der Waals surface area contributed by atoms with Crippen molar-refractivity contribution >= 4 is 14.0 Å². The van der Waals surface area contributed by atoms with Crippen molar-refractivity contribution in [1.82, 2.24) is 0 Å². The van der Waals surface area contributed by atoms with Crippen LogP contribution in [0.2, 0.25) is 0 Å². The molecule has 0 aliphatic heterocycles. The van der Waals surface area contributed by atoms with Crippen LogP contribution in [0.4, 0.5) is 0 Å². The monoisotopic (exact) mass is 482 g/mol. The third kappa shape index (κ3) is 6.31. The van der Waals surface area contributed by atoms with Crippen LogP contribution in [0.15, 0.2) is 84.9 Å². The first kappa shape index (κ1) is 24.6. The van der Waals surface area contributed by atoms with Crippen molar-refractivity contribution < 1.29 is 49.0 Å². The molecule has 28 heavy (non-hydrogen) atoms. The Balaban J connectivity index is 0.000000302. The minimum Gasteiger partial charge on any atom is -1.00 e. The molecule has 0 aromatic heterocycles. The molecule has 4 aromatic rings. The van der Waals surface area contributed by atoms with Crippen molar-refractivity contribution in [3.8, 4) is 11.1 Å². The van der Waals surface area contributed by atoms with Gasteiger partial charge in [0.25, 0.3) is 0 Å². The maximum Gasteiger partial charge on any atom is -0.0246 e. The molecule has 142 valence electrons. The zero-order chi connectivity index (χ0) is 18.4. The van der Waals surface area contributed by atoms with E-state index in [2.05, 4.69) is 68.4 Å². The summed E-state index contributed by atoms with van der Waals surface area (Å²) in [6, 6.07) is 32.7. The van der Waals surface area contributed by atoms with Gasteiger partial charge in [-0.05, 0) is 17.5 Å². The summed E-state index contributed by atoms with van der Waals surface area (Å²) < 4.78 is 1.51. The molecule has 0 unspecified atom stereocenters. The molecule has 3 heteroatoms. The zero-order valence-corrected chi connectivity index (χ0v) is 20.0. The molecule has 0 bridgehead atoms. The normalized spacial score (nSPS) is 10.0. The largest absolute Gasteiger partial charge is 1.00 e. The van der Waals surface area contributed by atoms with E-state index in [0.29, 0.717) is 0 Å². The summed E-state index contributed by atoms with van der Waals surface area (Å²) in [5.74, 6) is 0. The summed E-state index contributed by atoms with van der Waals surface area (Å²) in [7, 11) is 0. The number of hydrogen-bond acceptors (Lipinski definition) is 0. The Bertz CT molecular complexity index is 983. The van der Waals surface area contributed by atoms with Gasteiger partial charge in [0.05, 0.1) is 0 Å². The van der Waals surface area contributed by atoms with Crippen LogP contribution < -0.4 is 24.8 Å². The van der Waals surface area contributed by atoms with Gasteiger partial charge < -0.3 is 24.8 Å². The van der Waals surface area contributed by atoms with Crippen molar-refractivity contribution in [2.75, 3.05) is 0 Å². The number of benzene rings is 3. The molecule has 0 amide bonds. The first-order valence-corrected chi connectivity index (χ1v) is 10.1. The molecule has 0 saturated heterocycles. The molecule has 0 atom stereocenters. The SMILES string of the molecule is C[C](C)=[Zr+2].[Cl-].[Cl-].[c-]1cccc2ccc3c(c12)Cc1ccccc1-3.c1cc[cH-]c1. The standard InChI is InChI=1S/C17H11.C5H5.C3H6.2ClH.Zr/c1-3-7-14-12(5-1)9-10-16-15-8-4-2-6-13(15)11-17(14)16;1-2-4-5-3-1;1-3-2;;;/h1-6,8-10H,11H2;1-5H;1-2H3;2*1H;/q2*-1;;;;+2/p-2. The van der Waals surface area contributed by atoms with E-state index in [-0.39, 0.29) is 24.8 Å². The molecule has 0 radical (unpaired) electrons. The van der Waals surface area contributed by atoms with Crippen LogP contribution in [0, 0.1) is 6.07 Å². The predicted molar refractivity (Wildman–Crippen MR) is 109 cm³/mol. The Morgan fingerprint density at radius 1 is 0.857 bits per heavy atom. The van der Waals surface area contributed by atoms with E-state index in [1.165, 1.54) is 36.2 Å². The van der Waals surface area contributed by atoms with E-state index in [1.807, 2.05) is 36.4 Å². The molecule has 0 fully saturated rings. The van der Waals surface area contributed by atoms with Gasteiger partial charge in [-0.15, -0.1) is 40.6 Å². The van der Waals surface area contributed by atoms with E-state index in [1.54, 1.807) is 24.2 Å². The van der Waals surface area contributed by atoms with Gasteiger partial charge in [-0.1, -0.05) is 42.0 Å². The first-order valence-electron chi connectivity index (χ1n) is 8.86. The van der Waals surface area contributed by atoms with Gasteiger partial charge in [0.1, 0.15) is 0 Å². The maximum absolute atomic E-state index is 3.39. The minimum absolute atomic E-state index is 0. The average molecular weight is 485 g/mol. The van der Waals surface area contributed by atoms with Gasteiger partial charge in [-0.2, -0.15) is 18.2 Å². The molecule has 4 aromatic carbocycles. The molecule has 0 saturated carbocycles. The van der Waals surface area contributed by atoms with Gasteiger partial charge in [-0.3, -0.25) is 0 Å². The zero-order valence-electron chi connectivity index (χ0n) is 16.0. The summed E-state index contributed by atoms with van der Waals surface area (Å²) in [6.45, 7) is 4.25. The van der Waals surface area contributed by atoms with Crippen LogP contribution >= 0.6 is 0 Å². The van der Waals surface area contributed by atoms with Crippen LogP contribution in [0.3, 0.4) is 0 Å². The molecular formula is C25H22Cl2Zr-2. The van der Waals surface area contributed by atoms with E-state index in [4.69, 9.17) is 0 Å². The molecule has 1 aliphatic rings. The second kappa shape index (κ2) is 12.2. The van der Waals surface area contributed by atoms with E-state index in [0.717, 1.165) is 6.42 Å². The topological polar surface area (TPSA) is 0 Å².